The minimum absolute atomic E-state index is 0.126. The van der Waals surface area contributed by atoms with Gasteiger partial charge in [-0.25, -0.2) is 9.78 Å². The van der Waals surface area contributed by atoms with E-state index in [1.165, 1.54) is 10.4 Å². The molecule has 0 radical (unpaired) electrons. The summed E-state index contributed by atoms with van der Waals surface area (Å²) in [4.78, 5) is 31.3. The van der Waals surface area contributed by atoms with Gasteiger partial charge in [-0.15, -0.1) is 22.7 Å². The maximum absolute atomic E-state index is 12.4. The Kier molecular flexibility index (Phi) is 4.03. The zero-order chi connectivity index (χ0) is 14.8. The van der Waals surface area contributed by atoms with Crippen LogP contribution in [0.15, 0.2) is 16.8 Å². The van der Waals surface area contributed by atoms with Crippen LogP contribution in [-0.4, -0.2) is 34.9 Å². The summed E-state index contributed by atoms with van der Waals surface area (Å²) in [5, 5.41) is 3.91. The van der Waals surface area contributed by atoms with Gasteiger partial charge in [0, 0.05) is 23.3 Å². The predicted octanol–water partition coefficient (Wildman–Crippen LogP) is 2.58. The minimum Gasteiger partial charge on any atom is -0.461 e. The van der Waals surface area contributed by atoms with Gasteiger partial charge in [0.2, 0.25) is 5.01 Å². The predicted molar refractivity (Wildman–Crippen MR) is 80.8 cm³/mol. The van der Waals surface area contributed by atoms with E-state index >= 15 is 0 Å². The monoisotopic (exact) mass is 322 g/mol. The normalized spacial score (nSPS) is 13.9. The Morgan fingerprint density at radius 1 is 1.43 bits per heavy atom. The van der Waals surface area contributed by atoms with E-state index in [2.05, 4.69) is 16.4 Å². The van der Waals surface area contributed by atoms with Crippen molar-refractivity contribution >= 4 is 34.6 Å². The molecule has 0 bridgehead atoms. The van der Waals surface area contributed by atoms with Crippen LogP contribution in [0.4, 0.5) is 0 Å². The van der Waals surface area contributed by atoms with E-state index < -0.39 is 5.97 Å². The van der Waals surface area contributed by atoms with Crippen LogP contribution in [0.5, 0.6) is 0 Å². The van der Waals surface area contributed by atoms with Crippen LogP contribution < -0.4 is 0 Å². The molecule has 0 saturated carbocycles. The van der Waals surface area contributed by atoms with Crippen molar-refractivity contribution < 1.29 is 14.3 Å². The largest absolute Gasteiger partial charge is 0.461 e. The number of carbonyl (C=O) groups is 2. The second kappa shape index (κ2) is 5.95. The molecule has 0 saturated heterocycles. The van der Waals surface area contributed by atoms with E-state index in [4.69, 9.17) is 4.74 Å². The molecule has 0 aliphatic carbocycles. The van der Waals surface area contributed by atoms with Gasteiger partial charge in [0.25, 0.3) is 5.91 Å². The maximum Gasteiger partial charge on any atom is 0.367 e. The van der Waals surface area contributed by atoms with Gasteiger partial charge in [-0.1, -0.05) is 0 Å². The van der Waals surface area contributed by atoms with E-state index in [0.29, 0.717) is 25.4 Å². The van der Waals surface area contributed by atoms with Gasteiger partial charge in [0.05, 0.1) is 6.61 Å². The van der Waals surface area contributed by atoms with Gasteiger partial charge in [0.1, 0.15) is 5.69 Å². The lowest BCUT2D eigenvalue weighted by molar-refractivity contribution is 0.0526. The number of thiophene rings is 1. The van der Waals surface area contributed by atoms with Crippen molar-refractivity contribution in [1.29, 1.82) is 0 Å². The molecule has 0 aromatic carbocycles. The average molecular weight is 322 g/mol. The van der Waals surface area contributed by atoms with Crippen molar-refractivity contribution in [1.82, 2.24) is 9.88 Å². The smallest absolute Gasteiger partial charge is 0.367 e. The summed E-state index contributed by atoms with van der Waals surface area (Å²) >= 11 is 2.88. The molecule has 3 heterocycles. The highest BCUT2D eigenvalue weighted by molar-refractivity contribution is 7.11. The van der Waals surface area contributed by atoms with Crippen molar-refractivity contribution in [3.8, 4) is 0 Å². The van der Waals surface area contributed by atoms with E-state index in [-0.39, 0.29) is 10.9 Å². The zero-order valence-electron chi connectivity index (χ0n) is 11.5. The number of amides is 1. The van der Waals surface area contributed by atoms with Crippen molar-refractivity contribution in [2.75, 3.05) is 13.2 Å². The lowest BCUT2D eigenvalue weighted by Crippen LogP contribution is -2.35. The maximum atomic E-state index is 12.4. The molecule has 110 valence electrons. The number of thiazole rings is 1. The first-order valence-electron chi connectivity index (χ1n) is 6.66. The number of aromatic nitrogens is 1. The molecule has 0 spiro atoms. The molecule has 21 heavy (non-hydrogen) atoms. The number of carbonyl (C=O) groups excluding carboxylic acids is 2. The van der Waals surface area contributed by atoms with Crippen LogP contribution in [0.1, 0.15) is 37.7 Å². The van der Waals surface area contributed by atoms with Crippen LogP contribution in [0.2, 0.25) is 0 Å². The highest BCUT2D eigenvalue weighted by Crippen LogP contribution is 2.25. The zero-order valence-corrected chi connectivity index (χ0v) is 13.1. The molecule has 1 aliphatic rings. The molecular weight excluding hydrogens is 308 g/mol. The van der Waals surface area contributed by atoms with Gasteiger partial charge < -0.3 is 9.64 Å². The van der Waals surface area contributed by atoms with E-state index in [0.717, 1.165) is 17.8 Å². The van der Waals surface area contributed by atoms with Crippen molar-refractivity contribution in [2.45, 2.75) is 19.9 Å². The Labute approximate surface area is 130 Å². The van der Waals surface area contributed by atoms with Crippen LogP contribution >= 0.6 is 22.7 Å². The lowest BCUT2D eigenvalue weighted by atomic mass is 10.1. The van der Waals surface area contributed by atoms with E-state index in [1.807, 2.05) is 0 Å². The fourth-order valence-electron chi connectivity index (χ4n) is 2.24. The van der Waals surface area contributed by atoms with Gasteiger partial charge in [-0.3, -0.25) is 4.79 Å². The number of ether oxygens (including phenoxy) is 1. The van der Waals surface area contributed by atoms with Crippen LogP contribution in [0.25, 0.3) is 0 Å². The van der Waals surface area contributed by atoms with E-state index in [9.17, 15) is 9.59 Å². The Balaban J connectivity index is 1.73. The third kappa shape index (κ3) is 2.84. The Morgan fingerprint density at radius 3 is 3.10 bits per heavy atom. The number of rotatable bonds is 3. The topological polar surface area (TPSA) is 59.5 Å². The Bertz CT molecular complexity index is 677. The molecule has 5 nitrogen and oxygen atoms in total. The molecule has 1 amide bonds. The molecular formula is C14H14N2O3S2. The molecule has 7 heteroatoms. The molecule has 3 rings (SSSR count). The summed E-state index contributed by atoms with van der Waals surface area (Å²) in [5.74, 6) is -0.598. The Morgan fingerprint density at radius 2 is 2.29 bits per heavy atom. The number of esters is 1. The lowest BCUT2D eigenvalue weighted by Gasteiger charge is -2.26. The summed E-state index contributed by atoms with van der Waals surface area (Å²) < 4.78 is 4.89. The van der Waals surface area contributed by atoms with Crippen LogP contribution in [0.3, 0.4) is 0 Å². The highest BCUT2D eigenvalue weighted by atomic mass is 32.1. The summed E-state index contributed by atoms with van der Waals surface area (Å²) in [6.07, 6.45) is 0.883. The number of hydrogen-bond donors (Lipinski definition) is 0. The second-order valence-electron chi connectivity index (χ2n) is 4.60. The van der Waals surface area contributed by atoms with Crippen molar-refractivity contribution in [2.24, 2.45) is 0 Å². The van der Waals surface area contributed by atoms with Crippen molar-refractivity contribution in [3.63, 3.8) is 0 Å². The van der Waals surface area contributed by atoms with E-state index in [1.54, 1.807) is 28.5 Å². The first-order chi connectivity index (χ1) is 10.2. The first-order valence-corrected chi connectivity index (χ1v) is 8.42. The van der Waals surface area contributed by atoms with Gasteiger partial charge >= 0.3 is 5.97 Å². The first kappa shape index (κ1) is 14.2. The quantitative estimate of drug-likeness (QED) is 0.815. The molecule has 0 atom stereocenters. The van der Waals surface area contributed by atoms with Crippen molar-refractivity contribution in [3.05, 3.63) is 38.0 Å². The third-order valence-corrected chi connectivity index (χ3v) is 5.11. The second-order valence-corrected chi connectivity index (χ2v) is 6.46. The fraction of sp³-hybridized carbons (Fsp3) is 0.357. The van der Waals surface area contributed by atoms with Gasteiger partial charge in [-0.05, 0) is 30.4 Å². The molecule has 2 aromatic heterocycles. The van der Waals surface area contributed by atoms with Gasteiger partial charge in [0.15, 0.2) is 0 Å². The number of hydrogen-bond acceptors (Lipinski definition) is 6. The third-order valence-electron chi connectivity index (χ3n) is 3.27. The number of fused-ring (bicyclic) bond motifs is 1. The standard InChI is InChI=1S/C14H14N2O3S2/c1-2-19-14(18)12-15-10(8-21-12)13(17)16-5-3-11-9(7-16)4-6-20-11/h4,6,8H,2-3,5,7H2,1H3. The number of nitrogens with zero attached hydrogens (tertiary/aromatic N) is 2. The Hall–Kier alpha value is -1.73. The van der Waals surface area contributed by atoms with Gasteiger partial charge in [-0.2, -0.15) is 0 Å². The molecule has 1 aliphatic heterocycles. The van der Waals surface area contributed by atoms with Crippen LogP contribution in [0, 0.1) is 0 Å². The fourth-order valence-corrected chi connectivity index (χ4v) is 3.82. The summed E-state index contributed by atoms with van der Waals surface area (Å²) in [6.45, 7) is 3.35. The molecule has 0 N–H and O–H groups in total. The summed E-state index contributed by atoms with van der Waals surface area (Å²) in [7, 11) is 0. The molecule has 0 fully saturated rings. The molecule has 0 unspecified atom stereocenters. The summed E-state index contributed by atoms with van der Waals surface area (Å²) in [6, 6.07) is 2.06. The van der Waals surface area contributed by atoms with Crippen LogP contribution in [-0.2, 0) is 17.7 Å². The SMILES string of the molecule is CCOC(=O)c1nc(C(=O)N2CCc3sccc3C2)cs1. The highest BCUT2D eigenvalue weighted by Gasteiger charge is 2.25. The average Bonchev–Trinajstić information content (AvgIpc) is 3.15. The summed E-state index contributed by atoms with van der Waals surface area (Å²) in [5.41, 5.74) is 1.53. The minimum atomic E-state index is -0.472. The molecule has 2 aromatic rings.